The van der Waals surface area contributed by atoms with Gasteiger partial charge in [0.25, 0.3) is 0 Å². The number of ether oxygens (including phenoxy) is 1. The Morgan fingerprint density at radius 3 is 2.88 bits per heavy atom. The fourth-order valence-electron chi connectivity index (χ4n) is 1.60. The molecule has 1 aromatic carbocycles. The standard InChI is InChI=1S/C13H14FNOS/c14-12-3-1-2-11(4-6-15)13(12)16-8-10-5-7-17-9-10/h1-3,5,7,9H,4,6,8,15H2. The Morgan fingerprint density at radius 1 is 1.29 bits per heavy atom. The second kappa shape index (κ2) is 5.80. The molecule has 0 saturated carbocycles. The first-order valence-electron chi connectivity index (χ1n) is 5.42. The molecular formula is C13H14FNOS. The molecule has 2 rings (SSSR count). The van der Waals surface area contributed by atoms with Crippen LogP contribution in [0.15, 0.2) is 35.0 Å². The van der Waals surface area contributed by atoms with Crippen molar-refractivity contribution < 1.29 is 9.13 Å². The normalized spacial score (nSPS) is 10.5. The van der Waals surface area contributed by atoms with Crippen molar-refractivity contribution in [1.82, 2.24) is 0 Å². The van der Waals surface area contributed by atoms with E-state index in [9.17, 15) is 4.39 Å². The van der Waals surface area contributed by atoms with Crippen LogP contribution < -0.4 is 10.5 Å². The molecule has 2 aromatic rings. The van der Waals surface area contributed by atoms with Crippen LogP contribution in [0.2, 0.25) is 0 Å². The molecule has 0 unspecified atom stereocenters. The van der Waals surface area contributed by atoms with Crippen LogP contribution in [0.5, 0.6) is 5.75 Å². The van der Waals surface area contributed by atoms with E-state index in [2.05, 4.69) is 0 Å². The maximum absolute atomic E-state index is 13.6. The van der Waals surface area contributed by atoms with Crippen molar-refractivity contribution in [3.8, 4) is 5.75 Å². The molecule has 0 spiro atoms. The molecule has 90 valence electrons. The summed E-state index contributed by atoms with van der Waals surface area (Å²) in [5.41, 5.74) is 7.37. The van der Waals surface area contributed by atoms with E-state index in [0.717, 1.165) is 11.1 Å². The van der Waals surface area contributed by atoms with E-state index in [1.807, 2.05) is 22.9 Å². The van der Waals surface area contributed by atoms with Gasteiger partial charge in [-0.1, -0.05) is 12.1 Å². The lowest BCUT2D eigenvalue weighted by Gasteiger charge is -2.11. The summed E-state index contributed by atoms with van der Waals surface area (Å²) in [6.07, 6.45) is 0.622. The minimum atomic E-state index is -0.328. The SMILES string of the molecule is NCCc1cccc(F)c1OCc1ccsc1. The third kappa shape index (κ3) is 3.05. The lowest BCUT2D eigenvalue weighted by atomic mass is 10.1. The molecule has 0 aliphatic carbocycles. The van der Waals surface area contributed by atoms with Crippen molar-refractivity contribution in [3.05, 3.63) is 52.0 Å². The van der Waals surface area contributed by atoms with E-state index in [1.54, 1.807) is 17.4 Å². The summed E-state index contributed by atoms with van der Waals surface area (Å²) in [4.78, 5) is 0. The van der Waals surface area contributed by atoms with Gasteiger partial charge in [-0.05, 0) is 47.0 Å². The Hall–Kier alpha value is -1.39. The highest BCUT2D eigenvalue weighted by Gasteiger charge is 2.09. The number of thiophene rings is 1. The molecule has 2 N–H and O–H groups in total. The number of benzene rings is 1. The van der Waals surface area contributed by atoms with E-state index in [0.29, 0.717) is 25.3 Å². The van der Waals surface area contributed by atoms with Gasteiger partial charge in [-0.25, -0.2) is 4.39 Å². The van der Waals surface area contributed by atoms with Gasteiger partial charge >= 0.3 is 0 Å². The van der Waals surface area contributed by atoms with Crippen LogP contribution in [-0.4, -0.2) is 6.54 Å². The molecular weight excluding hydrogens is 237 g/mol. The average Bonchev–Trinajstić information content (AvgIpc) is 2.82. The molecule has 1 aromatic heterocycles. The zero-order valence-corrected chi connectivity index (χ0v) is 10.2. The van der Waals surface area contributed by atoms with Gasteiger partial charge in [-0.3, -0.25) is 0 Å². The molecule has 0 fully saturated rings. The molecule has 4 heteroatoms. The lowest BCUT2D eigenvalue weighted by molar-refractivity contribution is 0.287. The second-order valence-corrected chi connectivity index (χ2v) is 4.47. The minimum absolute atomic E-state index is 0.323. The molecule has 0 bridgehead atoms. The number of rotatable bonds is 5. The monoisotopic (exact) mass is 251 g/mol. The third-order valence-corrected chi connectivity index (χ3v) is 3.16. The van der Waals surface area contributed by atoms with E-state index in [-0.39, 0.29) is 5.82 Å². The van der Waals surface area contributed by atoms with E-state index < -0.39 is 0 Å². The highest BCUT2D eigenvalue weighted by Crippen LogP contribution is 2.24. The summed E-state index contributed by atoms with van der Waals surface area (Å²) >= 11 is 1.60. The Morgan fingerprint density at radius 2 is 2.18 bits per heavy atom. The van der Waals surface area contributed by atoms with Gasteiger partial charge in [0.05, 0.1) is 0 Å². The second-order valence-electron chi connectivity index (χ2n) is 3.69. The minimum Gasteiger partial charge on any atom is -0.486 e. The molecule has 0 aliphatic rings. The van der Waals surface area contributed by atoms with Gasteiger partial charge in [-0.15, -0.1) is 0 Å². The van der Waals surface area contributed by atoms with Gasteiger partial charge in [0.2, 0.25) is 0 Å². The fraction of sp³-hybridized carbons (Fsp3) is 0.231. The molecule has 1 heterocycles. The molecule has 0 atom stereocenters. The van der Waals surface area contributed by atoms with Crippen LogP contribution >= 0.6 is 11.3 Å². The number of halogens is 1. The smallest absolute Gasteiger partial charge is 0.165 e. The van der Waals surface area contributed by atoms with Crippen molar-refractivity contribution in [1.29, 1.82) is 0 Å². The van der Waals surface area contributed by atoms with Crippen molar-refractivity contribution in [2.75, 3.05) is 6.54 Å². The Bertz CT molecular complexity index is 470. The fourth-order valence-corrected chi connectivity index (χ4v) is 2.25. The quantitative estimate of drug-likeness (QED) is 0.886. The summed E-state index contributed by atoms with van der Waals surface area (Å²) in [6.45, 7) is 0.875. The van der Waals surface area contributed by atoms with Crippen LogP contribution in [-0.2, 0) is 13.0 Å². The Kier molecular flexibility index (Phi) is 4.12. The Balaban J connectivity index is 2.13. The van der Waals surface area contributed by atoms with Gasteiger partial charge < -0.3 is 10.5 Å². The summed E-state index contributed by atoms with van der Waals surface area (Å²) in [5.74, 6) is -0.00432. The van der Waals surface area contributed by atoms with Crippen LogP contribution in [0.25, 0.3) is 0 Å². The first kappa shape index (κ1) is 12.1. The maximum atomic E-state index is 13.6. The molecule has 2 nitrogen and oxygen atoms in total. The predicted molar refractivity (Wildman–Crippen MR) is 67.8 cm³/mol. The Labute approximate surface area is 104 Å². The number of para-hydroxylation sites is 1. The topological polar surface area (TPSA) is 35.2 Å². The van der Waals surface area contributed by atoms with Gasteiger partial charge in [-0.2, -0.15) is 11.3 Å². The van der Waals surface area contributed by atoms with Crippen molar-refractivity contribution in [3.63, 3.8) is 0 Å². The average molecular weight is 251 g/mol. The first-order chi connectivity index (χ1) is 8.31. The number of hydrogen-bond acceptors (Lipinski definition) is 3. The summed E-state index contributed by atoms with van der Waals surface area (Å²) in [6, 6.07) is 6.90. The van der Waals surface area contributed by atoms with Crippen molar-refractivity contribution in [2.24, 2.45) is 5.73 Å². The summed E-state index contributed by atoms with van der Waals surface area (Å²) in [5, 5.41) is 3.96. The molecule has 0 saturated heterocycles. The molecule has 0 aliphatic heterocycles. The van der Waals surface area contributed by atoms with E-state index in [4.69, 9.17) is 10.5 Å². The van der Waals surface area contributed by atoms with Gasteiger partial charge in [0.1, 0.15) is 6.61 Å². The van der Waals surface area contributed by atoms with Crippen LogP contribution in [0.3, 0.4) is 0 Å². The summed E-state index contributed by atoms with van der Waals surface area (Å²) in [7, 11) is 0. The number of hydrogen-bond donors (Lipinski definition) is 1. The number of nitrogens with two attached hydrogens (primary N) is 1. The van der Waals surface area contributed by atoms with Crippen LogP contribution in [0.4, 0.5) is 4.39 Å². The van der Waals surface area contributed by atoms with Crippen LogP contribution in [0, 0.1) is 5.82 Å². The first-order valence-corrected chi connectivity index (χ1v) is 6.37. The highest BCUT2D eigenvalue weighted by molar-refractivity contribution is 7.07. The van der Waals surface area contributed by atoms with Gasteiger partial charge in [0.15, 0.2) is 11.6 Å². The lowest BCUT2D eigenvalue weighted by Crippen LogP contribution is -2.06. The predicted octanol–water partition coefficient (Wildman–Crippen LogP) is 2.97. The van der Waals surface area contributed by atoms with Crippen LogP contribution in [0.1, 0.15) is 11.1 Å². The largest absolute Gasteiger partial charge is 0.486 e. The van der Waals surface area contributed by atoms with Crippen molar-refractivity contribution in [2.45, 2.75) is 13.0 Å². The molecule has 17 heavy (non-hydrogen) atoms. The van der Waals surface area contributed by atoms with E-state index in [1.165, 1.54) is 6.07 Å². The van der Waals surface area contributed by atoms with Crippen molar-refractivity contribution >= 4 is 11.3 Å². The van der Waals surface area contributed by atoms with E-state index >= 15 is 0 Å². The third-order valence-electron chi connectivity index (χ3n) is 2.43. The summed E-state index contributed by atoms with van der Waals surface area (Å²) < 4.78 is 19.2. The maximum Gasteiger partial charge on any atom is 0.165 e. The zero-order valence-electron chi connectivity index (χ0n) is 9.36. The highest BCUT2D eigenvalue weighted by atomic mass is 32.1. The zero-order chi connectivity index (χ0) is 12.1. The van der Waals surface area contributed by atoms with Gasteiger partial charge in [0, 0.05) is 0 Å². The molecule has 0 radical (unpaired) electrons. The molecule has 0 amide bonds.